The van der Waals surface area contributed by atoms with Crippen molar-refractivity contribution in [3.63, 3.8) is 0 Å². The lowest BCUT2D eigenvalue weighted by atomic mass is 9.97. The number of hydrogen-bond donors (Lipinski definition) is 1. The highest BCUT2D eigenvalue weighted by Crippen LogP contribution is 2.38. The van der Waals surface area contributed by atoms with Crippen LogP contribution in [-0.2, 0) is 6.42 Å². The van der Waals surface area contributed by atoms with Gasteiger partial charge in [0, 0.05) is 15.5 Å². The molecular formula is C16H18ClFN2S. The number of aryl methyl sites for hydroxylation is 1. The molecule has 21 heavy (non-hydrogen) atoms. The van der Waals surface area contributed by atoms with Crippen molar-refractivity contribution in [3.8, 4) is 10.6 Å². The molecule has 3 rings (SSSR count). The van der Waals surface area contributed by atoms with Crippen molar-refractivity contribution in [1.29, 1.82) is 0 Å². The van der Waals surface area contributed by atoms with E-state index in [4.69, 9.17) is 16.6 Å². The molecule has 1 aromatic carbocycles. The second kappa shape index (κ2) is 6.42. The van der Waals surface area contributed by atoms with Gasteiger partial charge in [-0.1, -0.05) is 18.5 Å². The molecule has 1 N–H and O–H groups in total. The van der Waals surface area contributed by atoms with E-state index < -0.39 is 0 Å². The van der Waals surface area contributed by atoms with Gasteiger partial charge in [-0.2, -0.15) is 0 Å². The number of aromatic nitrogens is 1. The highest BCUT2D eigenvalue weighted by Gasteiger charge is 2.25. The van der Waals surface area contributed by atoms with Gasteiger partial charge in [0.1, 0.15) is 10.8 Å². The van der Waals surface area contributed by atoms with Crippen LogP contribution < -0.4 is 5.32 Å². The molecular weight excluding hydrogens is 307 g/mol. The normalized spacial score (nSPS) is 17.8. The van der Waals surface area contributed by atoms with Gasteiger partial charge in [-0.05, 0) is 50.4 Å². The Hall–Kier alpha value is -0.970. The summed E-state index contributed by atoms with van der Waals surface area (Å²) in [6, 6.07) is 4.95. The van der Waals surface area contributed by atoms with E-state index in [1.54, 1.807) is 23.5 Å². The Kier molecular flexibility index (Phi) is 4.57. The minimum atomic E-state index is -0.261. The molecule has 1 aromatic heterocycles. The molecule has 0 amide bonds. The van der Waals surface area contributed by atoms with Gasteiger partial charge in [0.05, 0.1) is 11.7 Å². The van der Waals surface area contributed by atoms with Crippen LogP contribution in [0.3, 0.4) is 0 Å². The van der Waals surface area contributed by atoms with Crippen LogP contribution >= 0.6 is 22.9 Å². The van der Waals surface area contributed by atoms with Crippen molar-refractivity contribution in [2.45, 2.75) is 38.6 Å². The zero-order valence-electron chi connectivity index (χ0n) is 12.0. The molecule has 0 bridgehead atoms. The van der Waals surface area contributed by atoms with Crippen LogP contribution in [0.1, 0.15) is 42.8 Å². The summed E-state index contributed by atoms with van der Waals surface area (Å²) in [5.41, 5.74) is 1.62. The number of fused-ring (bicyclic) bond motifs is 1. The Labute approximate surface area is 133 Å². The fourth-order valence-electron chi connectivity index (χ4n) is 2.71. The second-order valence-corrected chi connectivity index (χ2v) is 6.87. The maximum absolute atomic E-state index is 14.0. The number of hydrogen-bond acceptors (Lipinski definition) is 3. The summed E-state index contributed by atoms with van der Waals surface area (Å²) in [6.45, 7) is 3.15. The quantitative estimate of drug-likeness (QED) is 0.858. The lowest BCUT2D eigenvalue weighted by Crippen LogP contribution is -2.25. The van der Waals surface area contributed by atoms with Crippen LogP contribution in [-0.4, -0.2) is 11.5 Å². The molecule has 5 heteroatoms. The Morgan fingerprint density at radius 1 is 1.48 bits per heavy atom. The first kappa shape index (κ1) is 14.9. The fraction of sp³-hybridized carbons (Fsp3) is 0.438. The first-order valence-electron chi connectivity index (χ1n) is 7.37. The van der Waals surface area contributed by atoms with Gasteiger partial charge in [-0.3, -0.25) is 0 Å². The Bertz CT molecular complexity index is 641. The SMILES string of the molecule is CCCNC1CCCc2sc(-c3cc(Cl)ccc3F)nc21. The molecule has 0 fully saturated rings. The molecule has 1 aliphatic carbocycles. The van der Waals surface area contributed by atoms with E-state index in [1.807, 2.05) is 0 Å². The summed E-state index contributed by atoms with van der Waals surface area (Å²) in [6.07, 6.45) is 4.41. The number of nitrogens with zero attached hydrogens (tertiary/aromatic N) is 1. The number of nitrogens with one attached hydrogen (secondary N) is 1. The van der Waals surface area contributed by atoms with Crippen LogP contribution in [0.4, 0.5) is 4.39 Å². The van der Waals surface area contributed by atoms with Gasteiger partial charge in [-0.15, -0.1) is 11.3 Å². The number of thiazole rings is 1. The van der Waals surface area contributed by atoms with Crippen LogP contribution in [0.15, 0.2) is 18.2 Å². The molecule has 1 heterocycles. The average molecular weight is 325 g/mol. The average Bonchev–Trinajstić information content (AvgIpc) is 2.92. The van der Waals surface area contributed by atoms with E-state index in [0.29, 0.717) is 16.6 Å². The molecule has 0 radical (unpaired) electrons. The third kappa shape index (κ3) is 3.12. The summed E-state index contributed by atoms with van der Waals surface area (Å²) >= 11 is 7.59. The van der Waals surface area contributed by atoms with Crippen LogP contribution in [0.2, 0.25) is 5.02 Å². The van der Waals surface area contributed by atoms with Gasteiger partial charge in [0.25, 0.3) is 0 Å². The van der Waals surface area contributed by atoms with Gasteiger partial charge in [0.2, 0.25) is 0 Å². The Morgan fingerprint density at radius 3 is 3.14 bits per heavy atom. The fourth-order valence-corrected chi connectivity index (χ4v) is 4.07. The first-order valence-corrected chi connectivity index (χ1v) is 8.57. The van der Waals surface area contributed by atoms with E-state index in [9.17, 15) is 4.39 Å². The summed E-state index contributed by atoms with van der Waals surface area (Å²) in [7, 11) is 0. The van der Waals surface area contributed by atoms with E-state index in [2.05, 4.69) is 12.2 Å². The zero-order valence-corrected chi connectivity index (χ0v) is 13.5. The maximum Gasteiger partial charge on any atom is 0.133 e. The van der Waals surface area contributed by atoms with E-state index >= 15 is 0 Å². The topological polar surface area (TPSA) is 24.9 Å². The zero-order chi connectivity index (χ0) is 14.8. The molecule has 1 unspecified atom stereocenters. The monoisotopic (exact) mass is 324 g/mol. The van der Waals surface area contributed by atoms with Crippen LogP contribution in [0, 0.1) is 5.82 Å². The smallest absolute Gasteiger partial charge is 0.133 e. The highest BCUT2D eigenvalue weighted by molar-refractivity contribution is 7.15. The van der Waals surface area contributed by atoms with Crippen molar-refractivity contribution in [3.05, 3.63) is 39.6 Å². The molecule has 0 aliphatic heterocycles. The predicted molar refractivity (Wildman–Crippen MR) is 86.5 cm³/mol. The lowest BCUT2D eigenvalue weighted by molar-refractivity contribution is 0.454. The summed E-state index contributed by atoms with van der Waals surface area (Å²) < 4.78 is 14.0. The minimum absolute atomic E-state index is 0.261. The highest BCUT2D eigenvalue weighted by atomic mass is 35.5. The number of halogens is 2. The summed E-state index contributed by atoms with van der Waals surface area (Å²) in [5.74, 6) is -0.261. The predicted octanol–water partition coefficient (Wildman–Crippen LogP) is 4.98. The summed E-state index contributed by atoms with van der Waals surface area (Å²) in [4.78, 5) is 6.00. The third-order valence-corrected chi connectivity index (χ3v) is 5.15. The number of benzene rings is 1. The van der Waals surface area contributed by atoms with Gasteiger partial charge < -0.3 is 5.32 Å². The van der Waals surface area contributed by atoms with Crippen molar-refractivity contribution < 1.29 is 4.39 Å². The van der Waals surface area contributed by atoms with Crippen molar-refractivity contribution in [2.75, 3.05) is 6.54 Å². The molecule has 0 saturated carbocycles. The van der Waals surface area contributed by atoms with Crippen molar-refractivity contribution >= 4 is 22.9 Å². The molecule has 0 spiro atoms. The van der Waals surface area contributed by atoms with Gasteiger partial charge in [0.15, 0.2) is 0 Å². The first-order chi connectivity index (χ1) is 10.2. The number of rotatable bonds is 4. The van der Waals surface area contributed by atoms with E-state index in [0.717, 1.165) is 42.9 Å². The Morgan fingerprint density at radius 2 is 2.33 bits per heavy atom. The largest absolute Gasteiger partial charge is 0.309 e. The van der Waals surface area contributed by atoms with Gasteiger partial charge in [-0.25, -0.2) is 9.37 Å². The lowest BCUT2D eigenvalue weighted by Gasteiger charge is -2.22. The van der Waals surface area contributed by atoms with E-state index in [1.165, 1.54) is 10.9 Å². The van der Waals surface area contributed by atoms with Crippen molar-refractivity contribution in [2.24, 2.45) is 0 Å². The van der Waals surface area contributed by atoms with Crippen LogP contribution in [0.25, 0.3) is 10.6 Å². The molecule has 112 valence electrons. The standard InChI is InChI=1S/C16H18ClFN2S/c1-2-8-19-13-4-3-5-14-15(13)20-16(21-14)11-9-10(17)6-7-12(11)18/h6-7,9,13,19H,2-5,8H2,1H3. The van der Waals surface area contributed by atoms with E-state index in [-0.39, 0.29) is 5.82 Å². The molecule has 2 nitrogen and oxygen atoms in total. The Balaban J connectivity index is 1.96. The molecule has 1 atom stereocenters. The maximum atomic E-state index is 14.0. The minimum Gasteiger partial charge on any atom is -0.309 e. The molecule has 0 saturated heterocycles. The van der Waals surface area contributed by atoms with Gasteiger partial charge >= 0.3 is 0 Å². The van der Waals surface area contributed by atoms with Crippen molar-refractivity contribution in [1.82, 2.24) is 10.3 Å². The second-order valence-electron chi connectivity index (χ2n) is 5.35. The van der Waals surface area contributed by atoms with Crippen LogP contribution in [0.5, 0.6) is 0 Å². The molecule has 1 aliphatic rings. The molecule has 2 aromatic rings. The third-order valence-electron chi connectivity index (χ3n) is 3.75. The summed E-state index contributed by atoms with van der Waals surface area (Å²) in [5, 5.41) is 4.83.